The Kier molecular flexibility index (Phi) is 3.95. The maximum Gasteiger partial charge on any atom is 0.241 e. The number of nitrogens with two attached hydrogens (primary N) is 1. The summed E-state index contributed by atoms with van der Waals surface area (Å²) in [5.74, 6) is 1.54. The van der Waals surface area contributed by atoms with E-state index in [0.717, 1.165) is 27.6 Å². The molecule has 0 aliphatic heterocycles. The normalized spacial score (nSPS) is 11.2. The Balaban J connectivity index is 2.40. The second-order valence-electron chi connectivity index (χ2n) is 5.36. The van der Waals surface area contributed by atoms with Crippen LogP contribution in [0.2, 0.25) is 5.02 Å². The van der Waals surface area contributed by atoms with Gasteiger partial charge in [0.05, 0.1) is 5.69 Å². The largest absolute Gasteiger partial charge is 0.437 e. The van der Waals surface area contributed by atoms with Gasteiger partial charge in [0.1, 0.15) is 11.4 Å². The molecule has 2 rings (SSSR count). The van der Waals surface area contributed by atoms with Crippen molar-refractivity contribution in [2.45, 2.75) is 33.6 Å². The number of nitrogen functional groups attached to an aromatic ring is 1. The first-order valence-electron chi connectivity index (χ1n) is 6.58. The summed E-state index contributed by atoms with van der Waals surface area (Å²) in [6, 6.07) is 3.80. The number of hydrogen-bond acceptors (Lipinski definition) is 3. The lowest BCUT2D eigenvalue weighted by Gasteiger charge is -2.10. The van der Waals surface area contributed by atoms with Crippen molar-refractivity contribution in [1.82, 2.24) is 9.78 Å². The molecule has 0 fully saturated rings. The molecule has 20 heavy (non-hydrogen) atoms. The van der Waals surface area contributed by atoms with Gasteiger partial charge in [-0.1, -0.05) is 25.4 Å². The zero-order valence-electron chi connectivity index (χ0n) is 12.5. The van der Waals surface area contributed by atoms with Gasteiger partial charge in [-0.3, -0.25) is 0 Å². The van der Waals surface area contributed by atoms with Crippen molar-refractivity contribution in [3.63, 3.8) is 0 Å². The topological polar surface area (TPSA) is 53.1 Å². The second-order valence-corrected chi connectivity index (χ2v) is 5.73. The lowest BCUT2D eigenvalue weighted by molar-refractivity contribution is 0.432. The first kappa shape index (κ1) is 14.7. The average Bonchev–Trinajstić information content (AvgIpc) is 2.64. The molecule has 0 radical (unpaired) electrons. The van der Waals surface area contributed by atoms with E-state index in [4.69, 9.17) is 22.1 Å². The zero-order chi connectivity index (χ0) is 15.0. The molecule has 5 heteroatoms. The molecule has 0 aliphatic carbocycles. The Morgan fingerprint density at radius 1 is 1.25 bits per heavy atom. The van der Waals surface area contributed by atoms with E-state index in [1.165, 1.54) is 0 Å². The van der Waals surface area contributed by atoms with Crippen molar-refractivity contribution in [1.29, 1.82) is 0 Å². The van der Waals surface area contributed by atoms with Crippen molar-refractivity contribution in [2.75, 3.05) is 5.73 Å². The van der Waals surface area contributed by atoms with Gasteiger partial charge in [0.25, 0.3) is 0 Å². The van der Waals surface area contributed by atoms with E-state index in [1.807, 2.05) is 33.0 Å². The minimum Gasteiger partial charge on any atom is -0.437 e. The van der Waals surface area contributed by atoms with E-state index in [1.54, 1.807) is 4.68 Å². The molecule has 2 aromatic rings. The molecule has 0 bridgehead atoms. The fourth-order valence-electron chi connectivity index (χ4n) is 2.17. The van der Waals surface area contributed by atoms with Gasteiger partial charge in [0.15, 0.2) is 0 Å². The highest BCUT2D eigenvalue weighted by molar-refractivity contribution is 6.32. The molecule has 0 amide bonds. The zero-order valence-corrected chi connectivity index (χ0v) is 13.2. The van der Waals surface area contributed by atoms with Crippen LogP contribution in [0.1, 0.15) is 36.6 Å². The monoisotopic (exact) mass is 293 g/mol. The number of ether oxygens (including phenoxy) is 1. The van der Waals surface area contributed by atoms with E-state index in [2.05, 4.69) is 18.9 Å². The van der Waals surface area contributed by atoms with Crippen molar-refractivity contribution >= 4 is 17.3 Å². The molecule has 0 saturated carbocycles. The van der Waals surface area contributed by atoms with E-state index in [-0.39, 0.29) is 5.92 Å². The van der Waals surface area contributed by atoms with Gasteiger partial charge in [0.2, 0.25) is 5.88 Å². The molecule has 0 atom stereocenters. The summed E-state index contributed by atoms with van der Waals surface area (Å²) in [5, 5.41) is 5.17. The van der Waals surface area contributed by atoms with Crippen LogP contribution in [0, 0.1) is 13.8 Å². The minimum atomic E-state index is 0.257. The minimum absolute atomic E-state index is 0.257. The van der Waals surface area contributed by atoms with Gasteiger partial charge in [-0.15, -0.1) is 0 Å². The van der Waals surface area contributed by atoms with E-state index in [0.29, 0.717) is 11.6 Å². The number of aromatic nitrogens is 2. The number of hydrogen-bond donors (Lipinski definition) is 1. The average molecular weight is 294 g/mol. The smallest absolute Gasteiger partial charge is 0.241 e. The number of benzene rings is 1. The molecule has 108 valence electrons. The highest BCUT2D eigenvalue weighted by Crippen LogP contribution is 2.35. The molecule has 1 aromatic carbocycles. The Labute approximate surface area is 124 Å². The number of anilines is 1. The van der Waals surface area contributed by atoms with Gasteiger partial charge in [-0.05, 0) is 43.0 Å². The molecule has 1 heterocycles. The van der Waals surface area contributed by atoms with Gasteiger partial charge < -0.3 is 10.5 Å². The molecular weight excluding hydrogens is 274 g/mol. The highest BCUT2D eigenvalue weighted by atomic mass is 35.5. The van der Waals surface area contributed by atoms with Crippen LogP contribution in [0.15, 0.2) is 12.1 Å². The van der Waals surface area contributed by atoms with Crippen LogP contribution in [-0.4, -0.2) is 9.78 Å². The molecule has 0 saturated heterocycles. The third-order valence-electron chi connectivity index (χ3n) is 3.23. The third-order valence-corrected chi connectivity index (χ3v) is 3.83. The first-order chi connectivity index (χ1) is 9.31. The van der Waals surface area contributed by atoms with Crippen LogP contribution >= 0.6 is 11.6 Å². The number of halogens is 1. The summed E-state index contributed by atoms with van der Waals surface area (Å²) >= 11 is 6.16. The molecule has 0 spiro atoms. The molecule has 0 aliphatic rings. The summed E-state index contributed by atoms with van der Waals surface area (Å²) in [6.45, 7) is 8.01. The van der Waals surface area contributed by atoms with Crippen LogP contribution < -0.4 is 10.5 Å². The fourth-order valence-corrected chi connectivity index (χ4v) is 2.28. The molecule has 4 nitrogen and oxygen atoms in total. The number of rotatable bonds is 3. The van der Waals surface area contributed by atoms with Crippen LogP contribution in [0.25, 0.3) is 0 Å². The predicted octanol–water partition coefficient (Wildman–Crippen LogP) is 4.19. The van der Waals surface area contributed by atoms with E-state index in [9.17, 15) is 0 Å². The highest BCUT2D eigenvalue weighted by Gasteiger charge is 2.18. The Bertz CT molecular complexity index is 624. The summed E-state index contributed by atoms with van der Waals surface area (Å²) in [4.78, 5) is 0. The fraction of sp³-hybridized carbons (Fsp3) is 0.400. The summed E-state index contributed by atoms with van der Waals surface area (Å²) in [7, 11) is 1.83. The lowest BCUT2D eigenvalue weighted by atomic mass is 10.1. The standard InChI is InChI=1S/C15H20ClN3O/c1-8(2)14-13(17)15(19(5)18-14)20-11-6-9(3)12(16)10(4)7-11/h6-8H,17H2,1-5H3. The van der Waals surface area contributed by atoms with E-state index >= 15 is 0 Å². The maximum atomic E-state index is 6.16. The molecule has 2 N–H and O–H groups in total. The van der Waals surface area contributed by atoms with Crippen LogP contribution in [0.4, 0.5) is 5.69 Å². The van der Waals surface area contributed by atoms with Gasteiger partial charge in [0, 0.05) is 12.1 Å². The van der Waals surface area contributed by atoms with Crippen molar-refractivity contribution in [3.05, 3.63) is 34.0 Å². The van der Waals surface area contributed by atoms with Crippen molar-refractivity contribution in [3.8, 4) is 11.6 Å². The summed E-state index contributed by atoms with van der Waals surface area (Å²) in [5.41, 5.74) is 9.52. The molecular formula is C15H20ClN3O. The van der Waals surface area contributed by atoms with Gasteiger partial charge >= 0.3 is 0 Å². The van der Waals surface area contributed by atoms with Crippen molar-refractivity contribution < 1.29 is 4.74 Å². The van der Waals surface area contributed by atoms with E-state index < -0.39 is 0 Å². The van der Waals surface area contributed by atoms with Gasteiger partial charge in [-0.25, -0.2) is 4.68 Å². The number of nitrogens with zero attached hydrogens (tertiary/aromatic N) is 2. The van der Waals surface area contributed by atoms with Gasteiger partial charge in [-0.2, -0.15) is 5.10 Å². The predicted molar refractivity (Wildman–Crippen MR) is 82.7 cm³/mol. The Hall–Kier alpha value is -1.68. The second kappa shape index (κ2) is 5.37. The SMILES string of the molecule is Cc1cc(Oc2c(N)c(C(C)C)nn2C)cc(C)c1Cl. The summed E-state index contributed by atoms with van der Waals surface area (Å²) in [6.07, 6.45) is 0. The quantitative estimate of drug-likeness (QED) is 0.923. The molecule has 1 aromatic heterocycles. The van der Waals surface area contributed by atoms with Crippen LogP contribution in [0.3, 0.4) is 0 Å². The van der Waals surface area contributed by atoms with Crippen molar-refractivity contribution in [2.24, 2.45) is 7.05 Å². The first-order valence-corrected chi connectivity index (χ1v) is 6.96. The Morgan fingerprint density at radius 2 is 1.80 bits per heavy atom. The molecule has 0 unspecified atom stereocenters. The maximum absolute atomic E-state index is 6.16. The lowest BCUT2D eigenvalue weighted by Crippen LogP contribution is -1.98. The summed E-state index contributed by atoms with van der Waals surface area (Å²) < 4.78 is 7.57. The Morgan fingerprint density at radius 3 is 2.25 bits per heavy atom. The van der Waals surface area contributed by atoms with Crippen LogP contribution in [-0.2, 0) is 7.05 Å². The third kappa shape index (κ3) is 2.61. The van der Waals surface area contributed by atoms with Crippen LogP contribution in [0.5, 0.6) is 11.6 Å². The number of aryl methyl sites for hydroxylation is 3.